The van der Waals surface area contributed by atoms with Gasteiger partial charge in [0.05, 0.1) is 5.76 Å². The molecule has 0 spiro atoms. The average molecular weight is 118 g/mol. The molecule has 0 heterocycles. The molecular formula is C5H10O3. The molecule has 2 N–H and O–H groups in total. The van der Waals surface area contributed by atoms with Crippen molar-refractivity contribution in [3.63, 3.8) is 0 Å². The monoisotopic (exact) mass is 118 g/mol. The molecule has 3 heteroatoms. The first-order chi connectivity index (χ1) is 3.68. The highest BCUT2D eigenvalue weighted by molar-refractivity contribution is 5.32. The number of aliphatic hydroxyl groups excluding tert-OH is 1. The molecule has 0 amide bonds. The fourth-order valence-electron chi connectivity index (χ4n) is 0. The summed E-state index contributed by atoms with van der Waals surface area (Å²) >= 11 is 0. The van der Waals surface area contributed by atoms with Gasteiger partial charge in [-0.1, -0.05) is 6.08 Å². The Balaban J connectivity index is 0. The molecule has 48 valence electrons. The summed E-state index contributed by atoms with van der Waals surface area (Å²) in [6, 6.07) is 0. The van der Waals surface area contributed by atoms with E-state index in [0.717, 1.165) is 0 Å². The molecule has 0 aliphatic heterocycles. The Morgan fingerprint density at radius 3 is 1.75 bits per heavy atom. The largest absolute Gasteiger partial charge is 0.513 e. The van der Waals surface area contributed by atoms with Crippen LogP contribution in [-0.2, 0) is 4.79 Å². The van der Waals surface area contributed by atoms with Gasteiger partial charge in [0.25, 0.3) is 6.47 Å². The third-order valence-corrected chi connectivity index (χ3v) is 0.418. The number of allylic oxidation sites excluding steroid dienone is 2. The van der Waals surface area contributed by atoms with Crippen LogP contribution in [0.1, 0.15) is 13.8 Å². The third kappa shape index (κ3) is 79.0. The summed E-state index contributed by atoms with van der Waals surface area (Å²) in [6.45, 7) is 3.18. The lowest BCUT2D eigenvalue weighted by Gasteiger charge is -1.75. The molecule has 0 radical (unpaired) electrons. The third-order valence-electron chi connectivity index (χ3n) is 0.418. The molecule has 8 heavy (non-hydrogen) atoms. The van der Waals surface area contributed by atoms with Crippen molar-refractivity contribution < 1.29 is 15.0 Å². The molecule has 0 atom stereocenters. The highest BCUT2D eigenvalue weighted by atomic mass is 16.3. The van der Waals surface area contributed by atoms with Gasteiger partial charge in [0.2, 0.25) is 0 Å². The van der Waals surface area contributed by atoms with Crippen LogP contribution in [0.15, 0.2) is 11.8 Å². The maximum absolute atomic E-state index is 8.36. The summed E-state index contributed by atoms with van der Waals surface area (Å²) in [4.78, 5) is 8.36. The SMILES string of the molecule is CC=C(C)O.O=CO. The van der Waals surface area contributed by atoms with Gasteiger partial charge in [0, 0.05) is 0 Å². The molecule has 0 aromatic heterocycles. The van der Waals surface area contributed by atoms with Crippen molar-refractivity contribution in [2.75, 3.05) is 0 Å². The maximum atomic E-state index is 8.36. The van der Waals surface area contributed by atoms with E-state index in [4.69, 9.17) is 15.0 Å². The van der Waals surface area contributed by atoms with Crippen LogP contribution in [0.5, 0.6) is 0 Å². The number of hydrogen-bond acceptors (Lipinski definition) is 2. The van der Waals surface area contributed by atoms with Gasteiger partial charge in [-0.2, -0.15) is 0 Å². The van der Waals surface area contributed by atoms with Crippen molar-refractivity contribution in [2.24, 2.45) is 0 Å². The molecule has 3 nitrogen and oxygen atoms in total. The topological polar surface area (TPSA) is 57.5 Å². The minimum atomic E-state index is -0.250. The van der Waals surface area contributed by atoms with Crippen molar-refractivity contribution in [3.8, 4) is 0 Å². The van der Waals surface area contributed by atoms with Gasteiger partial charge >= 0.3 is 0 Å². The van der Waals surface area contributed by atoms with Crippen molar-refractivity contribution in [3.05, 3.63) is 11.8 Å². The van der Waals surface area contributed by atoms with Gasteiger partial charge in [-0.25, -0.2) is 0 Å². The maximum Gasteiger partial charge on any atom is 0.290 e. The van der Waals surface area contributed by atoms with Gasteiger partial charge in [0.15, 0.2) is 0 Å². The van der Waals surface area contributed by atoms with Crippen LogP contribution in [0.3, 0.4) is 0 Å². The summed E-state index contributed by atoms with van der Waals surface area (Å²) in [5.74, 6) is 0.380. The van der Waals surface area contributed by atoms with E-state index in [1.165, 1.54) is 0 Å². The second kappa shape index (κ2) is 9.38. The van der Waals surface area contributed by atoms with Crippen molar-refractivity contribution >= 4 is 6.47 Å². The molecule has 0 fully saturated rings. The molecule has 0 rings (SSSR count). The number of hydrogen-bond donors (Lipinski definition) is 2. The van der Waals surface area contributed by atoms with Crippen molar-refractivity contribution in [2.45, 2.75) is 13.8 Å². The first kappa shape index (κ1) is 10.1. The van der Waals surface area contributed by atoms with Crippen LogP contribution < -0.4 is 0 Å². The van der Waals surface area contributed by atoms with Gasteiger partial charge in [0.1, 0.15) is 0 Å². The van der Waals surface area contributed by atoms with E-state index in [9.17, 15) is 0 Å². The summed E-state index contributed by atoms with van der Waals surface area (Å²) in [7, 11) is 0. The summed E-state index contributed by atoms with van der Waals surface area (Å²) in [6.07, 6.45) is 1.64. The first-order valence-corrected chi connectivity index (χ1v) is 2.08. The lowest BCUT2D eigenvalue weighted by molar-refractivity contribution is -0.122. The molecule has 0 bridgehead atoms. The highest BCUT2D eigenvalue weighted by Crippen LogP contribution is 1.77. The first-order valence-electron chi connectivity index (χ1n) is 2.08. The van der Waals surface area contributed by atoms with Crippen LogP contribution in [0, 0.1) is 0 Å². The van der Waals surface area contributed by atoms with E-state index in [2.05, 4.69) is 0 Å². The smallest absolute Gasteiger partial charge is 0.290 e. The van der Waals surface area contributed by atoms with Crippen LogP contribution >= 0.6 is 0 Å². The zero-order chi connectivity index (χ0) is 6.99. The minimum absolute atomic E-state index is 0.250. The Morgan fingerprint density at radius 2 is 1.75 bits per heavy atom. The van der Waals surface area contributed by atoms with Crippen molar-refractivity contribution in [1.82, 2.24) is 0 Å². The van der Waals surface area contributed by atoms with Crippen LogP contribution in [-0.4, -0.2) is 16.7 Å². The number of aliphatic hydroxyl groups is 1. The predicted octanol–water partition coefficient (Wildman–Crippen LogP) is 1.17. The van der Waals surface area contributed by atoms with Crippen LogP contribution in [0.25, 0.3) is 0 Å². The normalized spacial score (nSPS) is 9.00. The molecule has 0 saturated carbocycles. The van der Waals surface area contributed by atoms with E-state index in [0.29, 0.717) is 5.76 Å². The summed E-state index contributed by atoms with van der Waals surface area (Å²) in [5.41, 5.74) is 0. The van der Waals surface area contributed by atoms with E-state index >= 15 is 0 Å². The summed E-state index contributed by atoms with van der Waals surface area (Å²) in [5, 5.41) is 15.1. The second-order valence-corrected chi connectivity index (χ2v) is 1.04. The fraction of sp³-hybridized carbons (Fsp3) is 0.400. The fourth-order valence-corrected chi connectivity index (χ4v) is 0. The Kier molecular flexibility index (Phi) is 11.8. The van der Waals surface area contributed by atoms with Crippen LogP contribution in [0.4, 0.5) is 0 Å². The molecule has 0 saturated heterocycles. The van der Waals surface area contributed by atoms with Gasteiger partial charge in [-0.3, -0.25) is 4.79 Å². The molecule has 0 unspecified atom stereocenters. The minimum Gasteiger partial charge on any atom is -0.513 e. The van der Waals surface area contributed by atoms with Crippen molar-refractivity contribution in [1.29, 1.82) is 0 Å². The highest BCUT2D eigenvalue weighted by Gasteiger charge is 1.63. The van der Waals surface area contributed by atoms with Crippen LogP contribution in [0.2, 0.25) is 0 Å². The predicted molar refractivity (Wildman–Crippen MR) is 30.8 cm³/mol. The summed E-state index contributed by atoms with van der Waals surface area (Å²) < 4.78 is 0. The zero-order valence-corrected chi connectivity index (χ0v) is 4.96. The quantitative estimate of drug-likeness (QED) is 0.370. The van der Waals surface area contributed by atoms with E-state index in [1.54, 1.807) is 19.9 Å². The molecule has 0 aliphatic carbocycles. The number of carbonyl (C=O) groups is 1. The molecule has 0 aliphatic rings. The Hall–Kier alpha value is -0.990. The Labute approximate surface area is 48.3 Å². The van der Waals surface area contributed by atoms with E-state index < -0.39 is 0 Å². The van der Waals surface area contributed by atoms with E-state index in [-0.39, 0.29) is 6.47 Å². The zero-order valence-electron chi connectivity index (χ0n) is 4.96. The average Bonchev–Trinajstić information content (AvgIpc) is 1.69. The Morgan fingerprint density at radius 1 is 1.62 bits per heavy atom. The number of carboxylic acid groups (broad SMARTS) is 1. The van der Waals surface area contributed by atoms with Gasteiger partial charge in [-0.05, 0) is 13.8 Å². The van der Waals surface area contributed by atoms with E-state index in [1.807, 2.05) is 0 Å². The lowest BCUT2D eigenvalue weighted by Crippen LogP contribution is -1.60. The molecule has 0 aromatic carbocycles. The van der Waals surface area contributed by atoms with Gasteiger partial charge in [-0.15, -0.1) is 0 Å². The molecular weight excluding hydrogens is 108 g/mol. The Bertz CT molecular complexity index is 71.7. The second-order valence-electron chi connectivity index (χ2n) is 1.04. The lowest BCUT2D eigenvalue weighted by atomic mass is 10.5. The van der Waals surface area contributed by atoms with Gasteiger partial charge < -0.3 is 10.2 Å². The number of rotatable bonds is 0. The standard InChI is InChI=1S/C4H8O.CH2O2/c1-3-4(2)5;2-1-3/h3,5H,1-2H3;1H,(H,2,3). The molecule has 0 aromatic rings.